The molecule has 0 aromatic carbocycles. The van der Waals surface area contributed by atoms with Crippen molar-refractivity contribution in [3.05, 3.63) is 46.5 Å². The molecule has 1 fully saturated rings. The Morgan fingerprint density at radius 2 is 2.39 bits per heavy atom. The second kappa shape index (κ2) is 4.73. The SMILES string of the molecule is O=c1ccccn1Cc1nc([C@H]2CCOC2)no1. The Morgan fingerprint density at radius 3 is 3.17 bits per heavy atom. The highest BCUT2D eigenvalue weighted by molar-refractivity contribution is 4.99. The molecule has 18 heavy (non-hydrogen) atoms. The maximum atomic E-state index is 11.5. The van der Waals surface area contributed by atoms with Crippen molar-refractivity contribution < 1.29 is 9.26 Å². The highest BCUT2D eigenvalue weighted by Crippen LogP contribution is 2.22. The van der Waals surface area contributed by atoms with Crippen LogP contribution in [0, 0.1) is 0 Å². The molecule has 94 valence electrons. The van der Waals surface area contributed by atoms with E-state index in [1.54, 1.807) is 18.3 Å². The largest absolute Gasteiger partial charge is 0.381 e. The Hall–Kier alpha value is -1.95. The van der Waals surface area contributed by atoms with Crippen LogP contribution in [0.5, 0.6) is 0 Å². The van der Waals surface area contributed by atoms with Crippen molar-refractivity contribution in [2.75, 3.05) is 13.2 Å². The van der Waals surface area contributed by atoms with E-state index in [1.165, 1.54) is 10.6 Å². The first-order valence-electron chi connectivity index (χ1n) is 5.88. The highest BCUT2D eigenvalue weighted by atomic mass is 16.5. The molecule has 0 aliphatic carbocycles. The maximum Gasteiger partial charge on any atom is 0.250 e. The first-order chi connectivity index (χ1) is 8.83. The summed E-state index contributed by atoms with van der Waals surface area (Å²) in [6.45, 7) is 1.69. The van der Waals surface area contributed by atoms with Gasteiger partial charge in [-0.15, -0.1) is 0 Å². The van der Waals surface area contributed by atoms with Gasteiger partial charge in [-0.25, -0.2) is 0 Å². The van der Waals surface area contributed by atoms with Gasteiger partial charge in [-0.05, 0) is 12.5 Å². The fourth-order valence-corrected chi connectivity index (χ4v) is 1.97. The summed E-state index contributed by atoms with van der Waals surface area (Å²) in [5.74, 6) is 1.34. The summed E-state index contributed by atoms with van der Waals surface area (Å²) in [6.07, 6.45) is 2.62. The van der Waals surface area contributed by atoms with Crippen LogP contribution in [0.4, 0.5) is 0 Å². The average Bonchev–Trinajstić information content (AvgIpc) is 3.02. The van der Waals surface area contributed by atoms with Gasteiger partial charge in [0.2, 0.25) is 5.89 Å². The lowest BCUT2D eigenvalue weighted by atomic mass is 10.1. The fraction of sp³-hybridized carbons (Fsp3) is 0.417. The molecule has 6 nitrogen and oxygen atoms in total. The normalized spacial score (nSPS) is 19.2. The minimum absolute atomic E-state index is 0.0820. The van der Waals surface area contributed by atoms with Crippen molar-refractivity contribution in [3.8, 4) is 0 Å². The van der Waals surface area contributed by atoms with Gasteiger partial charge in [0.05, 0.1) is 6.61 Å². The van der Waals surface area contributed by atoms with Gasteiger partial charge in [-0.1, -0.05) is 11.2 Å². The summed E-state index contributed by atoms with van der Waals surface area (Å²) >= 11 is 0. The molecule has 1 aliphatic rings. The Balaban J connectivity index is 1.77. The van der Waals surface area contributed by atoms with Crippen LogP contribution in [0.15, 0.2) is 33.7 Å². The van der Waals surface area contributed by atoms with E-state index in [4.69, 9.17) is 9.26 Å². The van der Waals surface area contributed by atoms with Crippen LogP contribution in [0.1, 0.15) is 24.1 Å². The van der Waals surface area contributed by atoms with Gasteiger partial charge >= 0.3 is 0 Å². The van der Waals surface area contributed by atoms with E-state index < -0.39 is 0 Å². The third-order valence-electron chi connectivity index (χ3n) is 2.98. The van der Waals surface area contributed by atoms with Gasteiger partial charge in [0, 0.05) is 24.8 Å². The van der Waals surface area contributed by atoms with Gasteiger partial charge in [0.15, 0.2) is 5.82 Å². The second-order valence-electron chi connectivity index (χ2n) is 4.27. The van der Waals surface area contributed by atoms with Crippen molar-refractivity contribution in [1.82, 2.24) is 14.7 Å². The molecule has 0 unspecified atom stereocenters. The number of rotatable bonds is 3. The summed E-state index contributed by atoms with van der Waals surface area (Å²) in [7, 11) is 0. The van der Waals surface area contributed by atoms with E-state index in [0.717, 1.165) is 13.0 Å². The lowest BCUT2D eigenvalue weighted by molar-refractivity contribution is 0.192. The zero-order valence-electron chi connectivity index (χ0n) is 9.78. The van der Waals surface area contributed by atoms with E-state index in [-0.39, 0.29) is 11.5 Å². The van der Waals surface area contributed by atoms with Gasteiger partial charge in [-0.3, -0.25) is 4.79 Å². The van der Waals surface area contributed by atoms with Crippen LogP contribution >= 0.6 is 0 Å². The van der Waals surface area contributed by atoms with E-state index in [1.807, 2.05) is 0 Å². The summed E-state index contributed by atoms with van der Waals surface area (Å²) in [5, 5.41) is 3.94. The van der Waals surface area contributed by atoms with Crippen molar-refractivity contribution in [2.45, 2.75) is 18.9 Å². The van der Waals surface area contributed by atoms with E-state index in [2.05, 4.69) is 10.1 Å². The van der Waals surface area contributed by atoms with Crippen LogP contribution in [-0.2, 0) is 11.3 Å². The van der Waals surface area contributed by atoms with Crippen LogP contribution in [0.25, 0.3) is 0 Å². The van der Waals surface area contributed by atoms with E-state index >= 15 is 0 Å². The minimum Gasteiger partial charge on any atom is -0.381 e. The molecule has 1 aliphatic heterocycles. The Bertz CT molecular complexity index is 584. The fourth-order valence-electron chi connectivity index (χ4n) is 1.97. The molecule has 0 saturated carbocycles. The molecule has 0 bridgehead atoms. The van der Waals surface area contributed by atoms with Gasteiger partial charge in [0.1, 0.15) is 6.54 Å². The number of aromatic nitrogens is 3. The predicted molar refractivity (Wildman–Crippen MR) is 62.3 cm³/mol. The molecule has 0 spiro atoms. The second-order valence-corrected chi connectivity index (χ2v) is 4.27. The molecule has 2 aromatic rings. The quantitative estimate of drug-likeness (QED) is 0.801. The molecule has 3 rings (SSSR count). The molecule has 1 saturated heterocycles. The smallest absolute Gasteiger partial charge is 0.250 e. The summed E-state index contributed by atoms with van der Waals surface area (Å²) in [5.41, 5.74) is -0.0820. The summed E-state index contributed by atoms with van der Waals surface area (Å²) < 4.78 is 12.0. The monoisotopic (exact) mass is 247 g/mol. The Kier molecular flexibility index (Phi) is 2.93. The van der Waals surface area contributed by atoms with Gasteiger partial charge in [0.25, 0.3) is 5.56 Å². The average molecular weight is 247 g/mol. The Labute approximate surface area is 103 Å². The number of hydrogen-bond donors (Lipinski definition) is 0. The number of nitrogens with zero attached hydrogens (tertiary/aromatic N) is 3. The van der Waals surface area contributed by atoms with E-state index in [9.17, 15) is 4.79 Å². The predicted octanol–water partition coefficient (Wildman–Crippen LogP) is 0.784. The van der Waals surface area contributed by atoms with Crippen molar-refractivity contribution in [3.63, 3.8) is 0 Å². The van der Waals surface area contributed by atoms with E-state index in [0.29, 0.717) is 24.9 Å². The minimum atomic E-state index is -0.0820. The van der Waals surface area contributed by atoms with Gasteiger partial charge < -0.3 is 13.8 Å². The number of pyridine rings is 1. The third kappa shape index (κ3) is 2.19. The zero-order valence-corrected chi connectivity index (χ0v) is 9.78. The topological polar surface area (TPSA) is 70.2 Å². The van der Waals surface area contributed by atoms with Crippen molar-refractivity contribution in [1.29, 1.82) is 0 Å². The van der Waals surface area contributed by atoms with Crippen LogP contribution < -0.4 is 5.56 Å². The molecular weight excluding hydrogens is 234 g/mol. The molecule has 6 heteroatoms. The first-order valence-corrected chi connectivity index (χ1v) is 5.88. The maximum absolute atomic E-state index is 11.5. The van der Waals surface area contributed by atoms with Crippen LogP contribution in [-0.4, -0.2) is 27.9 Å². The lowest BCUT2D eigenvalue weighted by Gasteiger charge is -2.00. The summed E-state index contributed by atoms with van der Waals surface area (Å²) in [4.78, 5) is 15.9. The zero-order chi connectivity index (χ0) is 12.4. The number of hydrogen-bond acceptors (Lipinski definition) is 5. The van der Waals surface area contributed by atoms with Crippen LogP contribution in [0.3, 0.4) is 0 Å². The Morgan fingerprint density at radius 1 is 1.44 bits per heavy atom. The highest BCUT2D eigenvalue weighted by Gasteiger charge is 2.23. The van der Waals surface area contributed by atoms with Gasteiger partial charge in [-0.2, -0.15) is 4.98 Å². The molecule has 0 radical (unpaired) electrons. The molecular formula is C12H13N3O3. The van der Waals surface area contributed by atoms with Crippen LogP contribution in [0.2, 0.25) is 0 Å². The first kappa shape index (κ1) is 11.2. The third-order valence-corrected chi connectivity index (χ3v) is 2.98. The molecule has 0 N–H and O–H groups in total. The standard InChI is InChI=1S/C12H13N3O3/c16-11-3-1-2-5-15(11)7-10-13-12(14-18-10)9-4-6-17-8-9/h1-3,5,9H,4,6-8H2/t9-/m0/s1. The van der Waals surface area contributed by atoms with Crippen molar-refractivity contribution in [2.24, 2.45) is 0 Å². The summed E-state index contributed by atoms with van der Waals surface area (Å²) in [6, 6.07) is 5.00. The lowest BCUT2D eigenvalue weighted by Crippen LogP contribution is -2.18. The molecule has 0 amide bonds. The van der Waals surface area contributed by atoms with Crippen molar-refractivity contribution >= 4 is 0 Å². The number of ether oxygens (including phenoxy) is 1. The molecule has 3 heterocycles. The molecule has 2 aromatic heterocycles. The molecule has 1 atom stereocenters.